The van der Waals surface area contributed by atoms with Crippen molar-refractivity contribution in [3.05, 3.63) is 17.5 Å². The Morgan fingerprint density at radius 1 is 1.22 bits per heavy atom. The fourth-order valence-corrected chi connectivity index (χ4v) is 2.33. The van der Waals surface area contributed by atoms with E-state index in [1.807, 2.05) is 0 Å². The lowest BCUT2D eigenvalue weighted by Gasteiger charge is -2.12. The molecule has 0 aliphatic rings. The molecular formula is C15H29N3. The molecule has 0 radical (unpaired) electrons. The molecule has 0 bridgehead atoms. The van der Waals surface area contributed by atoms with Crippen LogP contribution >= 0.6 is 0 Å². The van der Waals surface area contributed by atoms with E-state index in [2.05, 4.69) is 36.6 Å². The molecule has 0 amide bonds. The second kappa shape index (κ2) is 8.30. The quantitative estimate of drug-likeness (QED) is 0.684. The third kappa shape index (κ3) is 4.81. The van der Waals surface area contributed by atoms with E-state index in [-0.39, 0.29) is 6.04 Å². The van der Waals surface area contributed by atoms with Crippen LogP contribution in [0.25, 0.3) is 0 Å². The minimum Gasteiger partial charge on any atom is -0.327 e. The highest BCUT2D eigenvalue weighted by Crippen LogP contribution is 2.11. The molecule has 0 saturated carbocycles. The molecule has 1 rings (SSSR count). The summed E-state index contributed by atoms with van der Waals surface area (Å²) < 4.78 is 2.10. The summed E-state index contributed by atoms with van der Waals surface area (Å²) in [5.74, 6) is 0. The Bertz CT molecular complexity index is 330. The smallest absolute Gasteiger partial charge is 0.0624 e. The Morgan fingerprint density at radius 3 is 2.61 bits per heavy atom. The number of hydrogen-bond acceptors (Lipinski definition) is 2. The SMILES string of the molecule is CCCCCCC(N)Cc1cc(CC)nn1CC. The number of aromatic nitrogens is 2. The number of aryl methyl sites for hydroxylation is 2. The van der Waals surface area contributed by atoms with Crippen molar-refractivity contribution in [2.45, 2.75) is 78.3 Å². The zero-order chi connectivity index (χ0) is 13.4. The second-order valence-electron chi connectivity index (χ2n) is 5.11. The van der Waals surface area contributed by atoms with Crippen molar-refractivity contribution in [3.8, 4) is 0 Å². The van der Waals surface area contributed by atoms with Crippen molar-refractivity contribution < 1.29 is 0 Å². The number of unbranched alkanes of at least 4 members (excludes halogenated alkanes) is 3. The summed E-state index contributed by atoms with van der Waals surface area (Å²) >= 11 is 0. The first-order valence-electron chi connectivity index (χ1n) is 7.52. The van der Waals surface area contributed by atoms with E-state index < -0.39 is 0 Å². The lowest BCUT2D eigenvalue weighted by Crippen LogP contribution is -2.24. The van der Waals surface area contributed by atoms with E-state index in [1.54, 1.807) is 0 Å². The topological polar surface area (TPSA) is 43.8 Å². The molecule has 1 atom stereocenters. The van der Waals surface area contributed by atoms with Gasteiger partial charge in [-0.1, -0.05) is 39.5 Å². The standard InChI is InChI=1S/C15H29N3/c1-4-7-8-9-10-13(16)11-15-12-14(5-2)17-18(15)6-3/h12-13H,4-11,16H2,1-3H3. The molecule has 1 heterocycles. The molecule has 3 nitrogen and oxygen atoms in total. The minimum atomic E-state index is 0.286. The largest absolute Gasteiger partial charge is 0.327 e. The summed E-state index contributed by atoms with van der Waals surface area (Å²) in [4.78, 5) is 0. The van der Waals surface area contributed by atoms with Crippen LogP contribution in [0.1, 0.15) is 64.3 Å². The molecule has 1 aromatic rings. The highest BCUT2D eigenvalue weighted by atomic mass is 15.3. The van der Waals surface area contributed by atoms with E-state index >= 15 is 0 Å². The van der Waals surface area contributed by atoms with E-state index in [0.717, 1.165) is 25.8 Å². The van der Waals surface area contributed by atoms with Gasteiger partial charge in [-0.25, -0.2) is 0 Å². The van der Waals surface area contributed by atoms with Crippen molar-refractivity contribution in [1.82, 2.24) is 9.78 Å². The molecule has 0 spiro atoms. The molecule has 0 saturated heterocycles. The predicted molar refractivity (Wildman–Crippen MR) is 77.7 cm³/mol. The van der Waals surface area contributed by atoms with Gasteiger partial charge in [0.15, 0.2) is 0 Å². The van der Waals surface area contributed by atoms with Crippen molar-refractivity contribution >= 4 is 0 Å². The highest BCUT2D eigenvalue weighted by molar-refractivity contribution is 5.11. The lowest BCUT2D eigenvalue weighted by molar-refractivity contribution is 0.521. The average Bonchev–Trinajstić information content (AvgIpc) is 2.77. The molecule has 0 fully saturated rings. The van der Waals surface area contributed by atoms with Gasteiger partial charge in [0, 0.05) is 24.7 Å². The van der Waals surface area contributed by atoms with E-state index in [0.29, 0.717) is 0 Å². The predicted octanol–water partition coefficient (Wildman–Crippen LogP) is 3.31. The average molecular weight is 251 g/mol. The minimum absolute atomic E-state index is 0.286. The lowest BCUT2D eigenvalue weighted by atomic mass is 10.0. The van der Waals surface area contributed by atoms with Gasteiger partial charge < -0.3 is 5.73 Å². The summed E-state index contributed by atoms with van der Waals surface area (Å²) in [6.45, 7) is 7.48. The monoisotopic (exact) mass is 251 g/mol. The first kappa shape index (κ1) is 15.2. The van der Waals surface area contributed by atoms with Crippen LogP contribution in [0.4, 0.5) is 0 Å². The Balaban J connectivity index is 2.42. The van der Waals surface area contributed by atoms with Gasteiger partial charge in [0.2, 0.25) is 0 Å². The van der Waals surface area contributed by atoms with Gasteiger partial charge in [0.05, 0.1) is 5.69 Å². The summed E-state index contributed by atoms with van der Waals surface area (Å²) in [6, 6.07) is 2.50. The maximum absolute atomic E-state index is 6.22. The fraction of sp³-hybridized carbons (Fsp3) is 0.800. The maximum atomic E-state index is 6.22. The van der Waals surface area contributed by atoms with Crippen LogP contribution in [0.3, 0.4) is 0 Å². The van der Waals surface area contributed by atoms with Gasteiger partial charge in [0.1, 0.15) is 0 Å². The number of nitrogens with zero attached hydrogens (tertiary/aromatic N) is 2. The van der Waals surface area contributed by atoms with Gasteiger partial charge in [-0.3, -0.25) is 4.68 Å². The summed E-state index contributed by atoms with van der Waals surface area (Å²) in [5, 5.41) is 4.57. The molecule has 2 N–H and O–H groups in total. The zero-order valence-electron chi connectivity index (χ0n) is 12.3. The molecular weight excluding hydrogens is 222 g/mol. The summed E-state index contributed by atoms with van der Waals surface area (Å²) in [5.41, 5.74) is 8.71. The van der Waals surface area contributed by atoms with Crippen molar-refractivity contribution in [2.24, 2.45) is 5.73 Å². The normalized spacial score (nSPS) is 12.9. The molecule has 0 aliphatic carbocycles. The second-order valence-corrected chi connectivity index (χ2v) is 5.11. The number of rotatable bonds is 9. The summed E-state index contributed by atoms with van der Waals surface area (Å²) in [6.07, 6.45) is 8.31. The van der Waals surface area contributed by atoms with Crippen LogP contribution in [0, 0.1) is 0 Å². The molecule has 104 valence electrons. The highest BCUT2D eigenvalue weighted by Gasteiger charge is 2.10. The number of nitrogens with two attached hydrogens (primary N) is 1. The van der Waals surface area contributed by atoms with E-state index in [9.17, 15) is 0 Å². The Morgan fingerprint density at radius 2 is 2.00 bits per heavy atom. The van der Waals surface area contributed by atoms with E-state index in [4.69, 9.17) is 5.73 Å². The van der Waals surface area contributed by atoms with E-state index in [1.165, 1.54) is 37.1 Å². The molecule has 1 aromatic heterocycles. The Hall–Kier alpha value is -0.830. The van der Waals surface area contributed by atoms with Crippen LogP contribution in [-0.2, 0) is 19.4 Å². The zero-order valence-corrected chi connectivity index (χ0v) is 12.3. The first-order valence-corrected chi connectivity index (χ1v) is 7.52. The fourth-order valence-electron chi connectivity index (χ4n) is 2.33. The number of hydrogen-bond donors (Lipinski definition) is 1. The van der Waals surface area contributed by atoms with Gasteiger partial charge >= 0.3 is 0 Å². The van der Waals surface area contributed by atoms with Gasteiger partial charge in [0.25, 0.3) is 0 Å². The molecule has 1 unspecified atom stereocenters. The van der Waals surface area contributed by atoms with Crippen LogP contribution in [-0.4, -0.2) is 15.8 Å². The molecule has 0 aromatic carbocycles. The van der Waals surface area contributed by atoms with Crippen molar-refractivity contribution in [3.63, 3.8) is 0 Å². The first-order chi connectivity index (χ1) is 8.71. The third-order valence-corrected chi connectivity index (χ3v) is 3.48. The van der Waals surface area contributed by atoms with Crippen LogP contribution in [0.5, 0.6) is 0 Å². The Labute approximate surface area is 112 Å². The third-order valence-electron chi connectivity index (χ3n) is 3.48. The van der Waals surface area contributed by atoms with Crippen LogP contribution in [0.15, 0.2) is 6.07 Å². The van der Waals surface area contributed by atoms with Gasteiger partial charge in [-0.05, 0) is 25.8 Å². The maximum Gasteiger partial charge on any atom is 0.0624 e. The molecule has 18 heavy (non-hydrogen) atoms. The molecule has 3 heteroatoms. The summed E-state index contributed by atoms with van der Waals surface area (Å²) in [7, 11) is 0. The van der Waals surface area contributed by atoms with Crippen LogP contribution < -0.4 is 5.73 Å². The van der Waals surface area contributed by atoms with Gasteiger partial charge in [-0.15, -0.1) is 0 Å². The van der Waals surface area contributed by atoms with Crippen molar-refractivity contribution in [1.29, 1.82) is 0 Å². The van der Waals surface area contributed by atoms with Gasteiger partial charge in [-0.2, -0.15) is 5.10 Å². The Kier molecular flexibility index (Phi) is 7.02. The van der Waals surface area contributed by atoms with Crippen molar-refractivity contribution in [2.75, 3.05) is 0 Å². The van der Waals surface area contributed by atoms with Crippen LogP contribution in [0.2, 0.25) is 0 Å². The molecule has 0 aliphatic heterocycles.